The van der Waals surface area contributed by atoms with Gasteiger partial charge in [0.1, 0.15) is 5.82 Å². The fourth-order valence-electron chi connectivity index (χ4n) is 4.64. The standard InChI is InChI=1S/C23H21FN2O2/c1-13-23-18(9-16-3-2-8-26(13)16)22-20(12-28)19(11-27)17(10-21(22)25-23)14-4-6-15(24)7-5-14/h2-8,10,13,25,27-28H,9,11-12H2,1H3. The van der Waals surface area contributed by atoms with Crippen molar-refractivity contribution in [1.29, 1.82) is 0 Å². The van der Waals surface area contributed by atoms with Gasteiger partial charge in [0.15, 0.2) is 0 Å². The fraction of sp³-hybridized carbons (Fsp3) is 0.217. The van der Waals surface area contributed by atoms with Crippen LogP contribution >= 0.6 is 0 Å². The second-order valence-corrected chi connectivity index (χ2v) is 7.40. The smallest absolute Gasteiger partial charge is 0.123 e. The third-order valence-corrected chi connectivity index (χ3v) is 5.98. The second kappa shape index (κ2) is 6.33. The number of fused-ring (bicyclic) bond motifs is 4. The van der Waals surface area contributed by atoms with Gasteiger partial charge in [0.25, 0.3) is 0 Å². The van der Waals surface area contributed by atoms with Crippen molar-refractivity contribution in [3.05, 3.63) is 82.6 Å². The molecule has 0 fully saturated rings. The summed E-state index contributed by atoms with van der Waals surface area (Å²) in [7, 11) is 0. The molecule has 28 heavy (non-hydrogen) atoms. The number of H-pyrrole nitrogens is 1. The Bertz CT molecular complexity index is 1190. The lowest BCUT2D eigenvalue weighted by molar-refractivity contribution is 0.261. The molecule has 1 aliphatic rings. The largest absolute Gasteiger partial charge is 0.392 e. The lowest BCUT2D eigenvalue weighted by Crippen LogP contribution is -2.17. The van der Waals surface area contributed by atoms with Gasteiger partial charge in [-0.15, -0.1) is 0 Å². The van der Waals surface area contributed by atoms with Gasteiger partial charge >= 0.3 is 0 Å². The van der Waals surface area contributed by atoms with Crippen LogP contribution in [0.3, 0.4) is 0 Å². The third-order valence-electron chi connectivity index (χ3n) is 5.98. The number of benzene rings is 2. The molecule has 4 aromatic rings. The van der Waals surface area contributed by atoms with Gasteiger partial charge in [0, 0.05) is 34.9 Å². The van der Waals surface area contributed by atoms with E-state index in [0.717, 1.165) is 39.7 Å². The van der Waals surface area contributed by atoms with E-state index in [-0.39, 0.29) is 25.1 Å². The average molecular weight is 376 g/mol. The zero-order chi connectivity index (χ0) is 19.4. The van der Waals surface area contributed by atoms with Gasteiger partial charge in [-0.3, -0.25) is 0 Å². The number of halogens is 1. The highest BCUT2D eigenvalue weighted by Crippen LogP contribution is 2.41. The molecule has 3 N–H and O–H groups in total. The van der Waals surface area contributed by atoms with Crippen LogP contribution in [-0.4, -0.2) is 19.8 Å². The molecule has 0 spiro atoms. The van der Waals surface area contributed by atoms with Crippen LogP contribution < -0.4 is 0 Å². The molecule has 2 aromatic heterocycles. The van der Waals surface area contributed by atoms with Crippen LogP contribution in [-0.2, 0) is 19.6 Å². The summed E-state index contributed by atoms with van der Waals surface area (Å²) >= 11 is 0. The first kappa shape index (κ1) is 17.2. The van der Waals surface area contributed by atoms with Crippen molar-refractivity contribution in [2.45, 2.75) is 32.6 Å². The van der Waals surface area contributed by atoms with Crippen LogP contribution in [0.1, 0.15) is 41.0 Å². The van der Waals surface area contributed by atoms with Crippen LogP contribution in [0.2, 0.25) is 0 Å². The van der Waals surface area contributed by atoms with Crippen molar-refractivity contribution in [2.24, 2.45) is 0 Å². The monoisotopic (exact) mass is 376 g/mol. The lowest BCUT2D eigenvalue weighted by Gasteiger charge is -2.24. The van der Waals surface area contributed by atoms with Crippen LogP contribution in [0.5, 0.6) is 0 Å². The Hall–Kier alpha value is -2.89. The molecule has 0 saturated carbocycles. The normalized spacial score (nSPS) is 15.6. The van der Waals surface area contributed by atoms with E-state index in [4.69, 9.17) is 0 Å². The van der Waals surface area contributed by atoms with Gasteiger partial charge < -0.3 is 19.8 Å². The van der Waals surface area contributed by atoms with Gasteiger partial charge in [0.2, 0.25) is 0 Å². The van der Waals surface area contributed by atoms with Crippen molar-refractivity contribution in [3.63, 3.8) is 0 Å². The van der Waals surface area contributed by atoms with Crippen LogP contribution in [0.25, 0.3) is 22.0 Å². The number of aromatic amines is 1. The molecule has 4 nitrogen and oxygen atoms in total. The van der Waals surface area contributed by atoms with Crippen molar-refractivity contribution < 1.29 is 14.6 Å². The van der Waals surface area contributed by atoms with Gasteiger partial charge in [-0.05, 0) is 65.1 Å². The van der Waals surface area contributed by atoms with E-state index >= 15 is 0 Å². The first-order valence-corrected chi connectivity index (χ1v) is 9.45. The Morgan fingerprint density at radius 1 is 1.11 bits per heavy atom. The van der Waals surface area contributed by atoms with E-state index in [1.54, 1.807) is 12.1 Å². The summed E-state index contributed by atoms with van der Waals surface area (Å²) in [5.74, 6) is -0.302. The van der Waals surface area contributed by atoms with Crippen LogP contribution in [0.4, 0.5) is 4.39 Å². The summed E-state index contributed by atoms with van der Waals surface area (Å²) in [5, 5.41) is 21.3. The van der Waals surface area contributed by atoms with Gasteiger partial charge in [-0.1, -0.05) is 12.1 Å². The molecule has 1 unspecified atom stereocenters. The Labute approximate surface area is 161 Å². The van der Waals surface area contributed by atoms with Gasteiger partial charge in [-0.2, -0.15) is 0 Å². The highest BCUT2D eigenvalue weighted by molar-refractivity contribution is 5.94. The van der Waals surface area contributed by atoms with E-state index in [1.165, 1.54) is 23.4 Å². The van der Waals surface area contributed by atoms with Crippen LogP contribution in [0.15, 0.2) is 48.7 Å². The SMILES string of the molecule is CC1c2[nH]c3cc(-c4ccc(F)cc4)c(CO)c(CO)c3c2Cc2cccn21. The maximum absolute atomic E-state index is 13.4. The molecule has 1 atom stereocenters. The lowest BCUT2D eigenvalue weighted by atomic mass is 9.89. The molecule has 0 amide bonds. The van der Waals surface area contributed by atoms with Crippen molar-refractivity contribution >= 4 is 10.9 Å². The molecule has 0 aliphatic carbocycles. The second-order valence-electron chi connectivity index (χ2n) is 7.40. The summed E-state index contributed by atoms with van der Waals surface area (Å²) in [6.45, 7) is 1.80. The molecule has 2 aromatic carbocycles. The maximum atomic E-state index is 13.4. The number of hydrogen-bond donors (Lipinski definition) is 3. The predicted octanol–water partition coefficient (Wildman–Crippen LogP) is 4.27. The Balaban J connectivity index is 1.80. The van der Waals surface area contributed by atoms with Gasteiger partial charge in [-0.25, -0.2) is 4.39 Å². The Kier molecular flexibility index (Phi) is 3.89. The highest BCUT2D eigenvalue weighted by Gasteiger charge is 2.27. The molecule has 0 bridgehead atoms. The first-order valence-electron chi connectivity index (χ1n) is 9.45. The number of nitrogens with one attached hydrogen (secondary N) is 1. The fourth-order valence-corrected chi connectivity index (χ4v) is 4.64. The molecule has 5 heteroatoms. The number of aliphatic hydroxyl groups excluding tert-OH is 2. The van der Waals surface area contributed by atoms with E-state index in [0.29, 0.717) is 5.56 Å². The summed E-state index contributed by atoms with van der Waals surface area (Å²) in [5.41, 5.74) is 7.53. The molecule has 142 valence electrons. The third kappa shape index (κ3) is 2.37. The Morgan fingerprint density at radius 2 is 1.86 bits per heavy atom. The number of hydrogen-bond acceptors (Lipinski definition) is 2. The van der Waals surface area contributed by atoms with Crippen molar-refractivity contribution in [2.75, 3.05) is 0 Å². The van der Waals surface area contributed by atoms with Crippen LogP contribution in [0, 0.1) is 5.82 Å². The minimum atomic E-state index is -0.302. The minimum Gasteiger partial charge on any atom is -0.392 e. The predicted molar refractivity (Wildman–Crippen MR) is 107 cm³/mol. The molecule has 0 radical (unpaired) electrons. The Morgan fingerprint density at radius 3 is 2.57 bits per heavy atom. The van der Waals surface area contributed by atoms with Crippen molar-refractivity contribution in [1.82, 2.24) is 9.55 Å². The van der Waals surface area contributed by atoms with E-state index in [1.807, 2.05) is 6.07 Å². The zero-order valence-electron chi connectivity index (χ0n) is 15.5. The van der Waals surface area contributed by atoms with Gasteiger partial charge in [0.05, 0.1) is 19.3 Å². The molecule has 1 aliphatic heterocycles. The van der Waals surface area contributed by atoms with E-state index < -0.39 is 0 Å². The summed E-state index contributed by atoms with van der Waals surface area (Å²) in [6.07, 6.45) is 2.87. The molecule has 3 heterocycles. The topological polar surface area (TPSA) is 61.2 Å². The molecular formula is C23H21FN2O2. The zero-order valence-corrected chi connectivity index (χ0v) is 15.5. The number of nitrogens with zero attached hydrogens (tertiary/aromatic N) is 1. The number of rotatable bonds is 3. The highest BCUT2D eigenvalue weighted by atomic mass is 19.1. The number of aliphatic hydroxyl groups is 2. The number of aromatic nitrogens is 2. The summed E-state index contributed by atoms with van der Waals surface area (Å²) in [4.78, 5) is 3.56. The minimum absolute atomic E-state index is 0.166. The van der Waals surface area contributed by atoms with E-state index in [9.17, 15) is 14.6 Å². The van der Waals surface area contributed by atoms with E-state index in [2.05, 4.69) is 34.8 Å². The molecule has 5 rings (SSSR count). The maximum Gasteiger partial charge on any atom is 0.123 e. The average Bonchev–Trinajstić information content (AvgIpc) is 3.32. The summed E-state index contributed by atoms with van der Waals surface area (Å²) in [6, 6.07) is 12.6. The first-order chi connectivity index (χ1) is 13.6. The quantitative estimate of drug-likeness (QED) is 0.500. The van der Waals surface area contributed by atoms with Crippen molar-refractivity contribution in [3.8, 4) is 11.1 Å². The molecule has 0 saturated heterocycles. The summed E-state index contributed by atoms with van der Waals surface area (Å²) < 4.78 is 15.6. The molecular weight excluding hydrogens is 355 g/mol.